The Labute approximate surface area is 87.1 Å². The Hall–Kier alpha value is -0.980. The molecule has 15 heavy (non-hydrogen) atoms. The fourth-order valence-corrected chi connectivity index (χ4v) is 1.64. The number of hydrogen-bond donors (Lipinski definition) is 3. The van der Waals surface area contributed by atoms with Crippen molar-refractivity contribution in [1.29, 1.82) is 0 Å². The summed E-state index contributed by atoms with van der Waals surface area (Å²) in [6.07, 6.45) is 0.0561. The molecule has 1 atom stereocenters. The molecule has 0 aromatic carbocycles. The zero-order chi connectivity index (χ0) is 11.6. The van der Waals surface area contributed by atoms with Gasteiger partial charge in [-0.25, -0.2) is 0 Å². The lowest BCUT2D eigenvalue weighted by Crippen LogP contribution is -2.59. The largest absolute Gasteiger partial charge is 0.394 e. The number of hydrogen-bond acceptors (Lipinski definition) is 5. The third-order valence-electron chi connectivity index (χ3n) is 2.73. The third-order valence-corrected chi connectivity index (χ3v) is 2.73. The van der Waals surface area contributed by atoms with E-state index < -0.39 is 43.1 Å². The Balaban J connectivity index is 3.03. The highest BCUT2D eigenvalue weighted by Crippen LogP contribution is 2.26. The van der Waals surface area contributed by atoms with Gasteiger partial charge in [0.25, 0.3) is 0 Å². The summed E-state index contributed by atoms with van der Waals surface area (Å²) in [6, 6.07) is 0. The van der Waals surface area contributed by atoms with Crippen LogP contribution in [0.2, 0.25) is 0 Å². The summed E-state index contributed by atoms with van der Waals surface area (Å²) in [6.45, 7) is -0.351. The van der Waals surface area contributed by atoms with Crippen LogP contribution in [0.25, 0.3) is 0 Å². The van der Waals surface area contributed by atoms with Crippen molar-refractivity contribution in [2.45, 2.75) is 18.9 Å². The lowest BCUT2D eigenvalue weighted by molar-refractivity contribution is -0.154. The van der Waals surface area contributed by atoms with Crippen molar-refractivity contribution in [1.82, 2.24) is 4.90 Å². The Morgan fingerprint density at radius 3 is 2.00 bits per heavy atom. The summed E-state index contributed by atoms with van der Waals surface area (Å²) in [5.74, 6) is -1.39. The molecule has 0 spiro atoms. The number of aliphatic hydroxyl groups is 3. The molecule has 6 nitrogen and oxygen atoms in total. The summed E-state index contributed by atoms with van der Waals surface area (Å²) < 4.78 is 0. The summed E-state index contributed by atoms with van der Waals surface area (Å²) >= 11 is 0. The van der Waals surface area contributed by atoms with E-state index in [9.17, 15) is 9.59 Å². The number of aliphatic hydroxyl groups excluding tert-OH is 3. The van der Waals surface area contributed by atoms with Crippen LogP contribution in [0.3, 0.4) is 0 Å². The van der Waals surface area contributed by atoms with Gasteiger partial charge in [-0.15, -0.1) is 0 Å². The molecule has 1 fully saturated rings. The Morgan fingerprint density at radius 1 is 1.27 bits per heavy atom. The van der Waals surface area contributed by atoms with Gasteiger partial charge < -0.3 is 15.3 Å². The van der Waals surface area contributed by atoms with Crippen molar-refractivity contribution in [3.8, 4) is 0 Å². The fraction of sp³-hybridized carbons (Fsp3) is 0.778. The highest BCUT2D eigenvalue weighted by molar-refractivity contribution is 6.04. The SMILES string of the molecule is CC1CC(=O)N(C(CO)(CO)CO)C1=O. The smallest absolute Gasteiger partial charge is 0.233 e. The van der Waals surface area contributed by atoms with Crippen molar-refractivity contribution in [2.75, 3.05) is 19.8 Å². The average Bonchev–Trinajstić information content (AvgIpc) is 2.48. The highest BCUT2D eigenvalue weighted by atomic mass is 16.3. The molecule has 0 aliphatic carbocycles. The molecule has 1 aliphatic heterocycles. The molecule has 1 aliphatic rings. The van der Waals surface area contributed by atoms with Gasteiger partial charge in [-0.1, -0.05) is 6.92 Å². The van der Waals surface area contributed by atoms with E-state index in [1.165, 1.54) is 0 Å². The first-order valence-corrected chi connectivity index (χ1v) is 4.72. The maximum absolute atomic E-state index is 11.6. The van der Waals surface area contributed by atoms with Crippen LogP contribution in [-0.2, 0) is 9.59 Å². The van der Waals surface area contributed by atoms with Crippen molar-refractivity contribution in [2.24, 2.45) is 5.92 Å². The molecule has 0 bridgehead atoms. The van der Waals surface area contributed by atoms with E-state index in [1.54, 1.807) is 6.92 Å². The van der Waals surface area contributed by atoms with E-state index in [1.807, 2.05) is 0 Å². The van der Waals surface area contributed by atoms with Gasteiger partial charge in [-0.2, -0.15) is 0 Å². The summed E-state index contributed by atoms with van der Waals surface area (Å²) in [5.41, 5.74) is -1.57. The first-order valence-electron chi connectivity index (χ1n) is 4.72. The summed E-state index contributed by atoms with van der Waals surface area (Å²) in [5, 5.41) is 27.3. The number of amides is 2. The van der Waals surface area contributed by atoms with Crippen LogP contribution in [-0.4, -0.2) is 57.4 Å². The number of carbonyl (C=O) groups is 2. The molecular weight excluding hydrogens is 202 g/mol. The normalized spacial score (nSPS) is 22.7. The van der Waals surface area contributed by atoms with E-state index in [0.717, 1.165) is 4.90 Å². The quantitative estimate of drug-likeness (QED) is 0.478. The van der Waals surface area contributed by atoms with Crippen LogP contribution >= 0.6 is 0 Å². The molecule has 86 valence electrons. The zero-order valence-electron chi connectivity index (χ0n) is 8.51. The van der Waals surface area contributed by atoms with Crippen LogP contribution in [0.4, 0.5) is 0 Å². The Bertz CT molecular complexity index is 265. The fourth-order valence-electron chi connectivity index (χ4n) is 1.64. The van der Waals surface area contributed by atoms with Gasteiger partial charge in [0, 0.05) is 12.3 Å². The van der Waals surface area contributed by atoms with E-state index in [0.29, 0.717) is 0 Å². The van der Waals surface area contributed by atoms with Gasteiger partial charge in [-0.3, -0.25) is 14.5 Å². The lowest BCUT2D eigenvalue weighted by atomic mass is 10.0. The first-order chi connectivity index (χ1) is 7.02. The third kappa shape index (κ3) is 1.75. The zero-order valence-corrected chi connectivity index (χ0v) is 8.51. The molecule has 0 saturated carbocycles. The number of carbonyl (C=O) groups excluding carboxylic acids is 2. The molecule has 0 aromatic rings. The maximum atomic E-state index is 11.6. The van der Waals surface area contributed by atoms with Crippen molar-refractivity contribution in [3.63, 3.8) is 0 Å². The molecule has 1 rings (SSSR count). The molecule has 0 radical (unpaired) electrons. The minimum Gasteiger partial charge on any atom is -0.394 e. The van der Waals surface area contributed by atoms with Gasteiger partial charge in [0.15, 0.2) is 0 Å². The van der Waals surface area contributed by atoms with Crippen LogP contribution in [0.15, 0.2) is 0 Å². The highest BCUT2D eigenvalue weighted by Gasteiger charge is 2.48. The van der Waals surface area contributed by atoms with E-state index in [4.69, 9.17) is 15.3 Å². The van der Waals surface area contributed by atoms with Gasteiger partial charge in [0.2, 0.25) is 11.8 Å². The first kappa shape index (κ1) is 12.1. The van der Waals surface area contributed by atoms with Crippen molar-refractivity contribution < 1.29 is 24.9 Å². The van der Waals surface area contributed by atoms with Crippen molar-refractivity contribution in [3.05, 3.63) is 0 Å². The predicted molar refractivity (Wildman–Crippen MR) is 49.6 cm³/mol. The van der Waals surface area contributed by atoms with E-state index in [-0.39, 0.29) is 6.42 Å². The molecule has 1 unspecified atom stereocenters. The van der Waals surface area contributed by atoms with Crippen LogP contribution in [0.5, 0.6) is 0 Å². The van der Waals surface area contributed by atoms with E-state index >= 15 is 0 Å². The number of rotatable bonds is 4. The van der Waals surface area contributed by atoms with Gasteiger partial charge in [0.1, 0.15) is 5.54 Å². The molecule has 2 amide bonds. The van der Waals surface area contributed by atoms with Gasteiger partial charge >= 0.3 is 0 Å². The minimum absolute atomic E-state index is 0.0561. The standard InChI is InChI=1S/C9H15NO5/c1-6-2-7(14)10(8(6)15)9(3-11,4-12)5-13/h6,11-13H,2-5H2,1H3. The summed E-state index contributed by atoms with van der Waals surface area (Å²) in [4.78, 5) is 23.9. The predicted octanol–water partition coefficient (Wildman–Crippen LogP) is -1.90. The van der Waals surface area contributed by atoms with Crippen LogP contribution < -0.4 is 0 Å². The molecule has 1 saturated heterocycles. The second kappa shape index (κ2) is 4.26. The molecule has 1 heterocycles. The number of nitrogens with zero attached hydrogens (tertiary/aromatic N) is 1. The maximum Gasteiger partial charge on any atom is 0.233 e. The number of likely N-dealkylation sites (tertiary alicyclic amines) is 1. The number of imide groups is 1. The second-order valence-corrected chi connectivity index (χ2v) is 3.87. The molecule has 3 N–H and O–H groups in total. The average molecular weight is 217 g/mol. The molecule has 0 aromatic heterocycles. The Morgan fingerprint density at radius 2 is 1.73 bits per heavy atom. The summed E-state index contributed by atoms with van der Waals surface area (Å²) in [7, 11) is 0. The molecular formula is C9H15NO5. The van der Waals surface area contributed by atoms with E-state index in [2.05, 4.69) is 0 Å². The van der Waals surface area contributed by atoms with Crippen LogP contribution in [0.1, 0.15) is 13.3 Å². The lowest BCUT2D eigenvalue weighted by Gasteiger charge is -2.35. The minimum atomic E-state index is -1.57. The monoisotopic (exact) mass is 217 g/mol. The topological polar surface area (TPSA) is 98.1 Å². The second-order valence-electron chi connectivity index (χ2n) is 3.87. The van der Waals surface area contributed by atoms with Crippen molar-refractivity contribution >= 4 is 11.8 Å². The van der Waals surface area contributed by atoms with Gasteiger partial charge in [-0.05, 0) is 0 Å². The Kier molecular flexibility index (Phi) is 3.43. The van der Waals surface area contributed by atoms with Gasteiger partial charge in [0.05, 0.1) is 19.8 Å². The van der Waals surface area contributed by atoms with Crippen LogP contribution in [0, 0.1) is 5.92 Å². The molecule has 6 heteroatoms.